The highest BCUT2D eigenvalue weighted by Crippen LogP contribution is 2.25. The van der Waals surface area contributed by atoms with Gasteiger partial charge in [0.1, 0.15) is 23.5 Å². The molecule has 11 nitrogen and oxygen atoms in total. The van der Waals surface area contributed by atoms with E-state index in [1.54, 1.807) is 12.1 Å². The van der Waals surface area contributed by atoms with E-state index in [-0.39, 0.29) is 36.0 Å². The van der Waals surface area contributed by atoms with Gasteiger partial charge < -0.3 is 26.2 Å². The van der Waals surface area contributed by atoms with Crippen LogP contribution in [-0.2, 0) is 20.8 Å². The van der Waals surface area contributed by atoms with E-state index in [2.05, 4.69) is 20.2 Å². The average Bonchev–Trinajstić information content (AvgIpc) is 2.77. The lowest BCUT2D eigenvalue weighted by Gasteiger charge is -2.34. The van der Waals surface area contributed by atoms with Gasteiger partial charge in [0, 0.05) is 19.0 Å². The third kappa shape index (κ3) is 9.91. The number of anilines is 1. The number of nitrogens with two attached hydrogens (primary N) is 1. The van der Waals surface area contributed by atoms with Crippen molar-refractivity contribution < 1.29 is 29.0 Å². The van der Waals surface area contributed by atoms with E-state index >= 15 is 0 Å². The molecule has 1 unspecified atom stereocenters. The summed E-state index contributed by atoms with van der Waals surface area (Å²) in [6.07, 6.45) is 3.60. The number of benzene rings is 1. The monoisotopic (exact) mass is 465 g/mol. The second-order valence-electron chi connectivity index (χ2n) is 6.92. The molecule has 6 N–H and O–H groups in total. The minimum Gasteiger partial charge on any atom is -0.483 e. The molecule has 0 bridgehead atoms. The van der Waals surface area contributed by atoms with Crippen LogP contribution in [0.2, 0.25) is 0 Å². The van der Waals surface area contributed by atoms with Crippen LogP contribution in [0.5, 0.6) is 0 Å². The fraction of sp³-hybridized carbons (Fsp3) is 0.381. The van der Waals surface area contributed by atoms with Crippen LogP contribution in [0, 0.1) is 5.82 Å². The number of halogens is 1. The lowest BCUT2D eigenvalue weighted by atomic mass is 10.0. The van der Waals surface area contributed by atoms with Crippen LogP contribution >= 0.6 is 0 Å². The summed E-state index contributed by atoms with van der Waals surface area (Å²) < 4.78 is 13.3. The fourth-order valence-electron chi connectivity index (χ4n) is 3.40. The van der Waals surface area contributed by atoms with Gasteiger partial charge in [0.05, 0.1) is 0 Å². The number of hydrogen-bond acceptors (Lipinski definition) is 7. The Balaban J connectivity index is 0.000000819. The number of hydrogen-bond donors (Lipinski definition) is 5. The minimum absolute atomic E-state index is 0.144. The number of nitrogens with zero attached hydrogens (tertiary/aromatic N) is 2. The molecule has 0 radical (unpaired) electrons. The predicted octanol–water partition coefficient (Wildman–Crippen LogP) is 0.779. The number of piperidine rings is 1. The molecular formula is C21H28FN5O6. The van der Waals surface area contributed by atoms with E-state index in [0.717, 1.165) is 37.9 Å². The first-order valence-electron chi connectivity index (χ1n) is 10.1. The number of carbonyl (C=O) groups excluding carboxylic acids is 1. The Morgan fingerprint density at radius 2 is 1.76 bits per heavy atom. The normalized spacial score (nSPS) is 13.8. The largest absolute Gasteiger partial charge is 0.483 e. The second kappa shape index (κ2) is 15.1. The number of nitrogen functional groups attached to an aromatic ring is 1. The van der Waals surface area contributed by atoms with Crippen LogP contribution in [0.1, 0.15) is 36.7 Å². The van der Waals surface area contributed by atoms with Gasteiger partial charge in [-0.25, -0.2) is 9.37 Å². The van der Waals surface area contributed by atoms with Crippen molar-refractivity contribution in [3.63, 3.8) is 0 Å². The molecule has 1 atom stereocenters. The first-order chi connectivity index (χ1) is 15.9. The Labute approximate surface area is 189 Å². The quantitative estimate of drug-likeness (QED) is 0.385. The molecule has 180 valence electrons. The molecule has 1 fully saturated rings. The molecule has 3 rings (SSSR count). The van der Waals surface area contributed by atoms with Crippen molar-refractivity contribution in [2.24, 2.45) is 0 Å². The summed E-state index contributed by atoms with van der Waals surface area (Å²) in [7, 11) is 0. The molecule has 0 saturated carbocycles. The maximum atomic E-state index is 13.3. The maximum absolute atomic E-state index is 13.3. The fourth-order valence-corrected chi connectivity index (χ4v) is 3.40. The summed E-state index contributed by atoms with van der Waals surface area (Å²) >= 11 is 0. The van der Waals surface area contributed by atoms with Crippen molar-refractivity contribution in [3.8, 4) is 0 Å². The van der Waals surface area contributed by atoms with Crippen molar-refractivity contribution in [2.45, 2.75) is 31.7 Å². The number of rotatable bonds is 6. The number of carboxylic acid groups (broad SMARTS) is 2. The van der Waals surface area contributed by atoms with Crippen LogP contribution in [0.15, 0.2) is 35.1 Å². The summed E-state index contributed by atoms with van der Waals surface area (Å²) in [5, 5.41) is 16.7. The minimum atomic E-state index is -0.459. The molecule has 2 heterocycles. The smallest absolute Gasteiger partial charge is 0.290 e. The summed E-state index contributed by atoms with van der Waals surface area (Å²) in [6.45, 7) is 1.48. The van der Waals surface area contributed by atoms with E-state index in [4.69, 9.17) is 25.5 Å². The van der Waals surface area contributed by atoms with Crippen LogP contribution in [0.4, 0.5) is 10.2 Å². The van der Waals surface area contributed by atoms with Gasteiger partial charge >= 0.3 is 0 Å². The Hall–Kier alpha value is -3.80. The Morgan fingerprint density at radius 1 is 1.18 bits per heavy atom. The van der Waals surface area contributed by atoms with Gasteiger partial charge in [-0.3, -0.25) is 24.1 Å². The second-order valence-corrected chi connectivity index (χ2v) is 6.92. The van der Waals surface area contributed by atoms with E-state index in [1.165, 1.54) is 18.2 Å². The highest BCUT2D eigenvalue weighted by atomic mass is 19.1. The Bertz CT molecular complexity index is 925. The Kier molecular flexibility index (Phi) is 12.4. The van der Waals surface area contributed by atoms with Crippen LogP contribution in [-0.4, -0.2) is 63.6 Å². The van der Waals surface area contributed by atoms with Gasteiger partial charge in [0.2, 0.25) is 5.91 Å². The molecule has 33 heavy (non-hydrogen) atoms. The lowest BCUT2D eigenvalue weighted by Crippen LogP contribution is -2.43. The highest BCUT2D eigenvalue weighted by Gasteiger charge is 2.28. The zero-order valence-electron chi connectivity index (χ0n) is 17.9. The molecule has 12 heteroatoms. The van der Waals surface area contributed by atoms with Crippen LogP contribution < -0.4 is 16.6 Å². The molecule has 1 aromatic heterocycles. The van der Waals surface area contributed by atoms with Gasteiger partial charge in [-0.15, -0.1) is 0 Å². The van der Waals surface area contributed by atoms with Crippen molar-refractivity contribution in [3.05, 3.63) is 57.9 Å². The molecular weight excluding hydrogens is 437 g/mol. The highest BCUT2D eigenvalue weighted by molar-refractivity contribution is 5.83. The number of aromatic nitrogens is 2. The van der Waals surface area contributed by atoms with Gasteiger partial charge in [-0.1, -0.05) is 18.6 Å². The maximum Gasteiger partial charge on any atom is 0.290 e. The number of H-pyrrole nitrogens is 1. The van der Waals surface area contributed by atoms with Gasteiger partial charge in [-0.05, 0) is 43.6 Å². The van der Waals surface area contributed by atoms with Crippen molar-refractivity contribution in [1.82, 2.24) is 20.2 Å². The summed E-state index contributed by atoms with van der Waals surface area (Å²) in [5.74, 6) is 0.109. The summed E-state index contributed by atoms with van der Waals surface area (Å²) in [4.78, 5) is 49.8. The molecule has 1 amide bonds. The van der Waals surface area contributed by atoms with Gasteiger partial charge in [0.15, 0.2) is 0 Å². The number of aromatic amines is 1. The van der Waals surface area contributed by atoms with Crippen molar-refractivity contribution in [1.29, 1.82) is 0 Å². The number of nitrogens with one attached hydrogen (secondary N) is 2. The van der Waals surface area contributed by atoms with E-state index in [1.807, 2.05) is 0 Å². The third-order valence-corrected chi connectivity index (χ3v) is 4.66. The van der Waals surface area contributed by atoms with E-state index < -0.39 is 6.04 Å². The summed E-state index contributed by atoms with van der Waals surface area (Å²) in [5.41, 5.74) is 6.02. The van der Waals surface area contributed by atoms with Gasteiger partial charge in [0.25, 0.3) is 18.5 Å². The topological polar surface area (TPSA) is 179 Å². The Morgan fingerprint density at radius 3 is 2.30 bits per heavy atom. The first-order valence-corrected chi connectivity index (χ1v) is 10.1. The SMILES string of the molecule is Nc1cc(=O)[nH]c(CCNC(=O)C(c2ccc(F)cc2)N2CCCCC2)n1.O=CO.O=CO. The third-order valence-electron chi connectivity index (χ3n) is 4.66. The van der Waals surface area contributed by atoms with Crippen LogP contribution in [0.3, 0.4) is 0 Å². The molecule has 0 aliphatic carbocycles. The number of amides is 1. The standard InChI is InChI=1S/C19H24FN5O2.2CH2O2/c20-14-6-4-13(5-7-14)18(25-10-2-1-3-11-25)19(27)22-9-8-16-23-15(21)12-17(26)24-16;2*2-1-3/h4-7,12,18H,1-3,8-11H2,(H,22,27)(H3,21,23,24,26);2*1H,(H,2,3). The number of likely N-dealkylation sites (tertiary alicyclic amines) is 1. The zero-order valence-corrected chi connectivity index (χ0v) is 17.9. The molecule has 2 aromatic rings. The van der Waals surface area contributed by atoms with Crippen molar-refractivity contribution >= 4 is 24.7 Å². The molecule has 1 aliphatic heterocycles. The molecule has 1 aromatic carbocycles. The average molecular weight is 465 g/mol. The first kappa shape index (κ1) is 27.2. The zero-order chi connectivity index (χ0) is 24.6. The van der Waals surface area contributed by atoms with Crippen molar-refractivity contribution in [2.75, 3.05) is 25.4 Å². The lowest BCUT2D eigenvalue weighted by molar-refractivity contribution is -0.127. The van der Waals surface area contributed by atoms with Crippen LogP contribution in [0.25, 0.3) is 0 Å². The van der Waals surface area contributed by atoms with E-state index in [0.29, 0.717) is 18.8 Å². The van der Waals surface area contributed by atoms with E-state index in [9.17, 15) is 14.0 Å². The molecule has 0 spiro atoms. The summed E-state index contributed by atoms with van der Waals surface area (Å²) in [6, 6.07) is 6.82. The number of carbonyl (C=O) groups is 3. The van der Waals surface area contributed by atoms with Gasteiger partial charge in [-0.2, -0.15) is 0 Å². The molecule has 1 saturated heterocycles. The predicted molar refractivity (Wildman–Crippen MR) is 118 cm³/mol. The molecule has 1 aliphatic rings.